The van der Waals surface area contributed by atoms with E-state index in [2.05, 4.69) is 15.3 Å². The summed E-state index contributed by atoms with van der Waals surface area (Å²) in [4.78, 5) is 49.6. The van der Waals surface area contributed by atoms with Gasteiger partial charge in [0.25, 0.3) is 5.56 Å². The van der Waals surface area contributed by atoms with Crippen LogP contribution in [-0.2, 0) is 6.42 Å². The molecule has 1 aliphatic heterocycles. The highest BCUT2D eigenvalue weighted by atomic mass is 32.1. The summed E-state index contributed by atoms with van der Waals surface area (Å²) in [6.07, 6.45) is 3.12. The van der Waals surface area contributed by atoms with Gasteiger partial charge in [0, 0.05) is 31.8 Å². The molecule has 0 atom stereocenters. The predicted octanol–water partition coefficient (Wildman–Crippen LogP) is 5.97. The van der Waals surface area contributed by atoms with Gasteiger partial charge in [-0.2, -0.15) is 0 Å². The number of likely N-dealkylation sites (tertiary alicyclic amines) is 1. The molecule has 0 unspecified atom stereocenters. The smallest absolute Gasteiger partial charge is 0.323 e. The van der Waals surface area contributed by atoms with Crippen molar-refractivity contribution in [2.75, 3.05) is 18.4 Å². The number of ketones is 1. The lowest BCUT2D eigenvalue weighted by molar-refractivity contribution is 0.0991. The van der Waals surface area contributed by atoms with Crippen LogP contribution >= 0.6 is 11.3 Å². The Kier molecular flexibility index (Phi) is 7.44. The number of halogens is 2. The molecule has 0 radical (unpaired) electrons. The molecular formula is C30H23F2N5O4S. The van der Waals surface area contributed by atoms with Crippen molar-refractivity contribution in [2.24, 2.45) is 0 Å². The van der Waals surface area contributed by atoms with Crippen LogP contribution in [0.15, 0.2) is 77.2 Å². The fourth-order valence-electron chi connectivity index (χ4n) is 4.75. The van der Waals surface area contributed by atoms with Gasteiger partial charge >= 0.3 is 6.03 Å². The van der Waals surface area contributed by atoms with Gasteiger partial charge in [-0.15, -0.1) is 11.3 Å². The van der Waals surface area contributed by atoms with E-state index in [0.29, 0.717) is 34.7 Å². The Morgan fingerprint density at radius 2 is 1.76 bits per heavy atom. The first-order valence-electron chi connectivity index (χ1n) is 13.1. The molecule has 2 aromatic carbocycles. The number of benzene rings is 2. The molecule has 9 nitrogen and oxygen atoms in total. The van der Waals surface area contributed by atoms with Gasteiger partial charge in [0.15, 0.2) is 17.3 Å². The van der Waals surface area contributed by atoms with E-state index >= 15 is 4.39 Å². The number of rotatable bonds is 7. The second-order valence-corrected chi connectivity index (χ2v) is 10.5. The van der Waals surface area contributed by atoms with Crippen LogP contribution < -0.4 is 15.6 Å². The molecular weight excluding hydrogens is 564 g/mol. The Morgan fingerprint density at radius 3 is 2.52 bits per heavy atom. The first kappa shape index (κ1) is 27.2. The second kappa shape index (κ2) is 11.5. The van der Waals surface area contributed by atoms with Gasteiger partial charge in [-0.3, -0.25) is 19.5 Å². The van der Waals surface area contributed by atoms with Gasteiger partial charge in [-0.25, -0.2) is 23.5 Å². The van der Waals surface area contributed by atoms with Gasteiger partial charge in [-0.1, -0.05) is 6.07 Å². The number of hydrogen-bond donors (Lipinski definition) is 1. The van der Waals surface area contributed by atoms with Gasteiger partial charge in [-0.05, 0) is 66.9 Å². The molecule has 12 heteroatoms. The molecule has 6 rings (SSSR count). The molecule has 4 heterocycles. The summed E-state index contributed by atoms with van der Waals surface area (Å²) in [6, 6.07) is 13.6. The standard InChI is InChI=1S/C30H23F2N5O4S/c31-19-4-6-20(7-5-19)37-28(39)22(16-24-29(37)42-17-34-24)25(38)14-18-3-8-26(23(32)13-18)41-21-9-10-33-27(15-21)35-30(40)36-11-1-2-12-36/h3-10,13,15-17H,1-2,11-12,14H2,(H,33,35,40). The van der Waals surface area contributed by atoms with Crippen molar-refractivity contribution in [3.8, 4) is 17.2 Å². The fourth-order valence-corrected chi connectivity index (χ4v) is 5.54. The number of ether oxygens (including phenoxy) is 1. The van der Waals surface area contributed by atoms with Crippen LogP contribution in [0.1, 0.15) is 28.8 Å². The van der Waals surface area contributed by atoms with Crippen molar-refractivity contribution in [1.29, 1.82) is 0 Å². The number of nitrogens with zero attached hydrogens (tertiary/aromatic N) is 4. The zero-order chi connectivity index (χ0) is 29.2. The summed E-state index contributed by atoms with van der Waals surface area (Å²) >= 11 is 1.22. The van der Waals surface area contributed by atoms with Crippen molar-refractivity contribution >= 4 is 39.3 Å². The zero-order valence-corrected chi connectivity index (χ0v) is 22.9. The molecule has 3 aromatic heterocycles. The Balaban J connectivity index is 1.19. The van der Waals surface area contributed by atoms with E-state index in [1.54, 1.807) is 10.4 Å². The third-order valence-electron chi connectivity index (χ3n) is 6.83. The largest absolute Gasteiger partial charge is 0.454 e. The Labute approximate surface area is 242 Å². The van der Waals surface area contributed by atoms with Crippen LogP contribution in [0.4, 0.5) is 19.4 Å². The first-order valence-corrected chi connectivity index (χ1v) is 14.0. The van der Waals surface area contributed by atoms with Crippen molar-refractivity contribution < 1.29 is 23.1 Å². The molecule has 2 amide bonds. The average Bonchev–Trinajstić information content (AvgIpc) is 3.68. The molecule has 0 bridgehead atoms. The van der Waals surface area contributed by atoms with Gasteiger partial charge in [0.1, 0.15) is 22.2 Å². The summed E-state index contributed by atoms with van der Waals surface area (Å²) in [5.74, 6) is -1.23. The number of carbonyl (C=O) groups excluding carboxylic acids is 2. The van der Waals surface area contributed by atoms with Crippen LogP contribution in [0, 0.1) is 11.6 Å². The maximum Gasteiger partial charge on any atom is 0.323 e. The van der Waals surface area contributed by atoms with E-state index < -0.39 is 23.0 Å². The zero-order valence-electron chi connectivity index (χ0n) is 22.0. The maximum atomic E-state index is 15.0. The van der Waals surface area contributed by atoms with Crippen LogP contribution in [0.2, 0.25) is 0 Å². The molecule has 1 aliphatic rings. The Bertz CT molecular complexity index is 1870. The van der Waals surface area contributed by atoms with E-state index in [-0.39, 0.29) is 35.3 Å². The highest BCUT2D eigenvalue weighted by Crippen LogP contribution is 2.27. The number of thiazole rings is 1. The molecule has 5 aromatic rings. The van der Waals surface area contributed by atoms with Crippen molar-refractivity contribution in [3.63, 3.8) is 0 Å². The number of fused-ring (bicyclic) bond motifs is 1. The fraction of sp³-hybridized carbons (Fsp3) is 0.167. The molecule has 1 saturated heterocycles. The Morgan fingerprint density at radius 1 is 0.976 bits per heavy atom. The lowest BCUT2D eigenvalue weighted by Gasteiger charge is -2.16. The van der Waals surface area contributed by atoms with Crippen LogP contribution in [0.25, 0.3) is 16.0 Å². The quantitative estimate of drug-likeness (QED) is 0.235. The second-order valence-electron chi connectivity index (χ2n) is 9.69. The highest BCUT2D eigenvalue weighted by Gasteiger charge is 2.20. The predicted molar refractivity (Wildman–Crippen MR) is 154 cm³/mol. The summed E-state index contributed by atoms with van der Waals surface area (Å²) in [5.41, 5.74) is 2.04. The highest BCUT2D eigenvalue weighted by molar-refractivity contribution is 7.16. The van der Waals surface area contributed by atoms with Gasteiger partial charge < -0.3 is 9.64 Å². The number of amides is 2. The van der Waals surface area contributed by atoms with E-state index in [4.69, 9.17) is 4.74 Å². The molecule has 0 aliphatic carbocycles. The molecule has 1 fully saturated rings. The van der Waals surface area contributed by atoms with Gasteiger partial charge in [0.05, 0.1) is 22.3 Å². The van der Waals surface area contributed by atoms with E-state index in [1.165, 1.54) is 82.8 Å². The maximum absolute atomic E-state index is 15.0. The number of urea groups is 1. The Hall–Kier alpha value is -4.97. The minimum atomic E-state index is -0.710. The average molecular weight is 588 g/mol. The van der Waals surface area contributed by atoms with Gasteiger partial charge in [0.2, 0.25) is 0 Å². The minimum absolute atomic E-state index is 0.0863. The number of carbonyl (C=O) groups is 2. The minimum Gasteiger partial charge on any atom is -0.454 e. The summed E-state index contributed by atoms with van der Waals surface area (Å²) in [5, 5.41) is 2.72. The summed E-state index contributed by atoms with van der Waals surface area (Å²) < 4.78 is 35.5. The lowest BCUT2D eigenvalue weighted by atomic mass is 10.0. The third kappa shape index (κ3) is 5.61. The normalized spacial score (nSPS) is 13.0. The molecule has 212 valence electrons. The number of nitrogens with one attached hydrogen (secondary N) is 1. The topological polar surface area (TPSA) is 106 Å². The first-order chi connectivity index (χ1) is 20.4. The number of Topliss-reactive ketones (excluding diaryl/α,β-unsaturated/α-hetero) is 1. The summed E-state index contributed by atoms with van der Waals surface area (Å²) in [6.45, 7) is 1.37. The van der Waals surface area contributed by atoms with E-state index in [9.17, 15) is 18.8 Å². The molecule has 0 saturated carbocycles. The van der Waals surface area contributed by atoms with Crippen LogP contribution in [0.3, 0.4) is 0 Å². The number of pyridine rings is 2. The number of aromatic nitrogens is 3. The van der Waals surface area contributed by atoms with Crippen molar-refractivity contribution in [1.82, 2.24) is 19.4 Å². The molecule has 0 spiro atoms. The number of anilines is 1. The third-order valence-corrected chi connectivity index (χ3v) is 7.65. The summed E-state index contributed by atoms with van der Waals surface area (Å²) in [7, 11) is 0. The van der Waals surface area contributed by atoms with Crippen molar-refractivity contribution in [3.05, 3.63) is 105 Å². The van der Waals surface area contributed by atoms with Crippen LogP contribution in [-0.4, -0.2) is 44.3 Å². The lowest BCUT2D eigenvalue weighted by Crippen LogP contribution is -2.32. The monoisotopic (exact) mass is 587 g/mol. The van der Waals surface area contributed by atoms with E-state index in [0.717, 1.165) is 12.8 Å². The SMILES string of the molecule is O=C(Cc1ccc(Oc2ccnc(NC(=O)N3CCCC3)c2)c(F)c1)c1cc2ncsc2n(-c2ccc(F)cc2)c1=O. The van der Waals surface area contributed by atoms with Crippen LogP contribution in [0.5, 0.6) is 11.5 Å². The molecule has 1 N–H and O–H groups in total. The molecule has 42 heavy (non-hydrogen) atoms. The number of hydrogen-bond acceptors (Lipinski definition) is 7. The van der Waals surface area contributed by atoms with E-state index in [1.807, 2.05) is 0 Å². The van der Waals surface area contributed by atoms with Crippen molar-refractivity contribution in [2.45, 2.75) is 19.3 Å².